The van der Waals surface area contributed by atoms with Crippen molar-refractivity contribution in [2.24, 2.45) is 11.8 Å². The molecular weight excluding hydrogens is 685 g/mol. The standard InChI is InChI=1S/C36H36N2O10S2/c1-35(2,3)47-33(45)37-15-49-13-23(37)31(43)25-27(39)19-9-7-17(11-21(19)29(25)41)18-8-10-20-22(12-18)30(42)26(28(20)40)32(44)24-14-50-16-38(24)34(46)48-36(4,5)6/h7-12,23-26H,13-16H2,1-6H3/t23-,24?,25?,26?/m0/s1. The van der Waals surface area contributed by atoms with Crippen LogP contribution in [0.4, 0.5) is 9.59 Å². The Morgan fingerprint density at radius 3 is 1.26 bits per heavy atom. The quantitative estimate of drug-likeness (QED) is 0.377. The minimum Gasteiger partial charge on any atom is -0.444 e. The SMILES string of the molecule is CC(C)(C)OC(=O)N1CSCC1C(=O)C1C(=O)c2ccc(-c3ccc4c(c3)C(=O)C(C(=O)[C@@H]3CSCN3C(=O)OC(C)(C)C)C4=O)cc2C1=O. The van der Waals surface area contributed by atoms with E-state index in [1.54, 1.807) is 53.7 Å². The van der Waals surface area contributed by atoms with Crippen LogP contribution in [0, 0.1) is 11.8 Å². The first-order valence-electron chi connectivity index (χ1n) is 16.1. The molecular formula is C36H36N2O10S2. The lowest BCUT2D eigenvalue weighted by Gasteiger charge is -2.28. The molecule has 4 atom stereocenters. The Hall–Kier alpha value is -4.30. The largest absolute Gasteiger partial charge is 0.444 e. The first-order chi connectivity index (χ1) is 23.4. The van der Waals surface area contributed by atoms with E-state index in [4.69, 9.17) is 9.47 Å². The Labute approximate surface area is 297 Å². The molecule has 50 heavy (non-hydrogen) atoms. The van der Waals surface area contributed by atoms with Gasteiger partial charge in [0, 0.05) is 33.8 Å². The van der Waals surface area contributed by atoms with Gasteiger partial charge in [0.25, 0.3) is 0 Å². The lowest BCUT2D eigenvalue weighted by atomic mass is 9.93. The summed E-state index contributed by atoms with van der Waals surface area (Å²) >= 11 is 2.65. The highest BCUT2D eigenvalue weighted by Gasteiger charge is 2.51. The Bertz CT molecular complexity index is 1760. The predicted octanol–water partition coefficient (Wildman–Crippen LogP) is 5.10. The Morgan fingerprint density at radius 1 is 0.580 bits per heavy atom. The third-order valence-electron chi connectivity index (χ3n) is 8.73. The number of amides is 2. The third-order valence-corrected chi connectivity index (χ3v) is 10.8. The zero-order valence-electron chi connectivity index (χ0n) is 28.4. The molecule has 2 saturated heterocycles. The molecule has 12 nitrogen and oxygen atoms in total. The molecule has 14 heteroatoms. The first kappa shape index (κ1) is 35.5. The minimum atomic E-state index is -1.60. The van der Waals surface area contributed by atoms with Crippen molar-refractivity contribution in [1.82, 2.24) is 9.80 Å². The second kappa shape index (κ2) is 12.8. The molecule has 2 fully saturated rings. The fourth-order valence-corrected chi connectivity index (χ4v) is 8.71. The topological polar surface area (TPSA) is 162 Å². The third kappa shape index (κ3) is 6.39. The monoisotopic (exact) mass is 720 g/mol. The van der Waals surface area contributed by atoms with Gasteiger partial charge in [-0.25, -0.2) is 9.59 Å². The Morgan fingerprint density at radius 2 is 0.920 bits per heavy atom. The van der Waals surface area contributed by atoms with Crippen molar-refractivity contribution < 1.29 is 47.8 Å². The number of carbonyl (C=O) groups is 8. The summed E-state index contributed by atoms with van der Waals surface area (Å²) in [6.45, 7) is 10.2. The van der Waals surface area contributed by atoms with Gasteiger partial charge in [-0.3, -0.25) is 38.6 Å². The average Bonchev–Trinajstić information content (AvgIpc) is 3.81. The van der Waals surface area contributed by atoms with Crippen LogP contribution in [0.3, 0.4) is 0 Å². The van der Waals surface area contributed by atoms with Gasteiger partial charge >= 0.3 is 12.2 Å². The van der Waals surface area contributed by atoms with Gasteiger partial charge in [0.2, 0.25) is 0 Å². The van der Waals surface area contributed by atoms with E-state index in [9.17, 15) is 38.4 Å². The number of rotatable bonds is 5. The Kier molecular flexibility index (Phi) is 9.09. The van der Waals surface area contributed by atoms with Crippen LogP contribution >= 0.6 is 23.5 Å². The van der Waals surface area contributed by atoms with Crippen LogP contribution in [0.1, 0.15) is 83.0 Å². The molecule has 2 heterocycles. The maximum atomic E-state index is 13.6. The minimum absolute atomic E-state index is 0.0391. The number of fused-ring (bicyclic) bond motifs is 2. The van der Waals surface area contributed by atoms with Crippen molar-refractivity contribution in [1.29, 1.82) is 0 Å². The van der Waals surface area contributed by atoms with Gasteiger partial charge in [-0.2, -0.15) is 0 Å². The first-order valence-corrected chi connectivity index (χ1v) is 18.4. The molecule has 4 aliphatic rings. The molecule has 0 saturated carbocycles. The van der Waals surface area contributed by atoms with Crippen LogP contribution in [-0.4, -0.2) is 103 Å². The molecule has 2 aromatic rings. The van der Waals surface area contributed by atoms with E-state index in [0.29, 0.717) is 11.1 Å². The molecule has 2 amide bonds. The number of ether oxygens (including phenoxy) is 2. The summed E-state index contributed by atoms with van der Waals surface area (Å²) < 4.78 is 10.9. The van der Waals surface area contributed by atoms with Crippen LogP contribution in [0.5, 0.6) is 0 Å². The number of thioether (sulfide) groups is 2. The van der Waals surface area contributed by atoms with E-state index in [1.807, 2.05) is 0 Å². The number of carbonyl (C=O) groups excluding carboxylic acids is 8. The van der Waals surface area contributed by atoms with Gasteiger partial charge in [0.05, 0.1) is 11.8 Å². The van der Waals surface area contributed by atoms with Crippen molar-refractivity contribution in [2.75, 3.05) is 23.3 Å². The van der Waals surface area contributed by atoms with Crippen molar-refractivity contribution in [3.63, 3.8) is 0 Å². The lowest BCUT2D eigenvalue weighted by Crippen LogP contribution is -2.48. The van der Waals surface area contributed by atoms with Crippen molar-refractivity contribution in [3.8, 4) is 11.1 Å². The maximum absolute atomic E-state index is 13.6. The van der Waals surface area contributed by atoms with Gasteiger partial charge in [-0.1, -0.05) is 24.3 Å². The van der Waals surface area contributed by atoms with Crippen LogP contribution in [0.25, 0.3) is 11.1 Å². The van der Waals surface area contributed by atoms with E-state index in [2.05, 4.69) is 0 Å². The highest BCUT2D eigenvalue weighted by molar-refractivity contribution is 7.99. The number of hydrogen-bond donors (Lipinski definition) is 0. The summed E-state index contributed by atoms with van der Waals surface area (Å²) in [6.07, 6.45) is -1.40. The molecule has 6 rings (SSSR count). The van der Waals surface area contributed by atoms with E-state index in [0.717, 1.165) is 0 Å². The summed E-state index contributed by atoms with van der Waals surface area (Å²) in [7, 11) is 0. The van der Waals surface area contributed by atoms with E-state index in [1.165, 1.54) is 57.6 Å². The molecule has 0 bridgehead atoms. The lowest BCUT2D eigenvalue weighted by molar-refractivity contribution is -0.125. The molecule has 3 unspecified atom stereocenters. The van der Waals surface area contributed by atoms with E-state index >= 15 is 0 Å². The molecule has 0 N–H and O–H groups in total. The Balaban J connectivity index is 1.22. The van der Waals surface area contributed by atoms with Gasteiger partial charge in [-0.15, -0.1) is 23.5 Å². The van der Waals surface area contributed by atoms with Gasteiger partial charge < -0.3 is 9.47 Å². The highest BCUT2D eigenvalue weighted by atomic mass is 32.2. The smallest absolute Gasteiger partial charge is 0.411 e. The molecule has 262 valence electrons. The summed E-state index contributed by atoms with van der Waals surface area (Å²) in [5.74, 6) is -6.39. The summed E-state index contributed by atoms with van der Waals surface area (Å²) in [5.41, 5.74) is -0.463. The van der Waals surface area contributed by atoms with Crippen LogP contribution in [-0.2, 0) is 19.1 Å². The molecule has 2 aliphatic carbocycles. The number of hydrogen-bond acceptors (Lipinski definition) is 12. The van der Waals surface area contributed by atoms with Crippen molar-refractivity contribution in [3.05, 3.63) is 58.7 Å². The highest BCUT2D eigenvalue weighted by Crippen LogP contribution is 2.38. The molecule has 0 radical (unpaired) electrons. The van der Waals surface area contributed by atoms with Gasteiger partial charge in [-0.05, 0) is 64.8 Å². The second-order valence-corrected chi connectivity index (χ2v) is 16.6. The van der Waals surface area contributed by atoms with Crippen LogP contribution < -0.4 is 0 Å². The molecule has 0 aromatic heterocycles. The van der Waals surface area contributed by atoms with Gasteiger partial charge in [0.15, 0.2) is 34.7 Å². The zero-order chi connectivity index (χ0) is 36.4. The number of Topliss-reactive ketones (excluding diaryl/α,β-unsaturated/α-hetero) is 6. The predicted molar refractivity (Wildman–Crippen MR) is 185 cm³/mol. The maximum Gasteiger partial charge on any atom is 0.411 e. The fourth-order valence-electron chi connectivity index (χ4n) is 6.40. The summed E-state index contributed by atoms with van der Waals surface area (Å²) in [4.78, 5) is 109. The normalized spacial score (nSPS) is 23.3. The van der Waals surface area contributed by atoms with Crippen molar-refractivity contribution >= 4 is 70.4 Å². The fraction of sp³-hybridized carbons (Fsp3) is 0.444. The number of benzene rings is 2. The average molecular weight is 721 g/mol. The molecule has 0 spiro atoms. The zero-order valence-corrected chi connectivity index (χ0v) is 30.0. The van der Waals surface area contributed by atoms with E-state index < -0.39 is 82.0 Å². The van der Waals surface area contributed by atoms with E-state index in [-0.39, 0.29) is 45.5 Å². The summed E-state index contributed by atoms with van der Waals surface area (Å²) in [6, 6.07) is 6.99. The summed E-state index contributed by atoms with van der Waals surface area (Å²) in [5, 5.41) is 0. The van der Waals surface area contributed by atoms with Crippen LogP contribution in [0.15, 0.2) is 36.4 Å². The molecule has 2 aromatic carbocycles. The second-order valence-electron chi connectivity index (χ2n) is 14.6. The molecule has 2 aliphatic heterocycles. The van der Waals surface area contributed by atoms with Gasteiger partial charge in [0.1, 0.15) is 35.1 Å². The van der Waals surface area contributed by atoms with Crippen molar-refractivity contribution in [2.45, 2.75) is 64.8 Å². The van der Waals surface area contributed by atoms with Crippen LogP contribution in [0.2, 0.25) is 0 Å². The number of ketones is 6. The number of nitrogens with zero attached hydrogens (tertiary/aromatic N) is 2.